The number of carbonyl (C=O) groups excluding carboxylic acids is 1. The van der Waals surface area contributed by atoms with Gasteiger partial charge in [0.2, 0.25) is 5.89 Å². The molecule has 0 saturated heterocycles. The minimum absolute atomic E-state index is 0.126. The van der Waals surface area contributed by atoms with Gasteiger partial charge >= 0.3 is 6.43 Å². The molecule has 1 atom stereocenters. The molecule has 4 rings (SSSR count). The normalized spacial score (nSPS) is 14.7. The van der Waals surface area contributed by atoms with Gasteiger partial charge in [0.1, 0.15) is 5.82 Å². The Morgan fingerprint density at radius 2 is 1.93 bits per heavy atom. The third-order valence-electron chi connectivity index (χ3n) is 4.48. The van der Waals surface area contributed by atoms with Gasteiger partial charge in [0, 0.05) is 6.20 Å². The van der Waals surface area contributed by atoms with E-state index in [-0.39, 0.29) is 29.2 Å². The lowest BCUT2D eigenvalue weighted by atomic mass is 10.1. The van der Waals surface area contributed by atoms with Crippen molar-refractivity contribution in [2.75, 3.05) is 0 Å². The molecule has 0 N–H and O–H groups in total. The fourth-order valence-electron chi connectivity index (χ4n) is 2.98. The summed E-state index contributed by atoms with van der Waals surface area (Å²) >= 11 is 0. The summed E-state index contributed by atoms with van der Waals surface area (Å²) in [6.45, 7) is 2.13. The largest absolute Gasteiger partial charge is 0.415 e. The Hall–Kier alpha value is -3.23. The first-order valence-corrected chi connectivity index (χ1v) is 8.11. The lowest BCUT2D eigenvalue weighted by Gasteiger charge is -2.24. The fraction of sp³-hybridized carbons (Fsp3) is 0.222. The zero-order valence-corrected chi connectivity index (χ0v) is 14.1. The highest BCUT2D eigenvalue weighted by molar-refractivity contribution is 5.98. The van der Waals surface area contributed by atoms with Gasteiger partial charge in [0.25, 0.3) is 11.8 Å². The molecule has 1 amide bonds. The summed E-state index contributed by atoms with van der Waals surface area (Å²) in [5.41, 5.74) is 1.98. The van der Waals surface area contributed by atoms with E-state index in [4.69, 9.17) is 4.42 Å². The van der Waals surface area contributed by atoms with Gasteiger partial charge in [-0.3, -0.25) is 9.78 Å². The summed E-state index contributed by atoms with van der Waals surface area (Å²) in [6, 6.07) is 7.14. The van der Waals surface area contributed by atoms with Crippen LogP contribution in [-0.2, 0) is 6.54 Å². The van der Waals surface area contributed by atoms with Crippen LogP contribution in [0.25, 0.3) is 11.5 Å². The third kappa shape index (κ3) is 3.05. The molecule has 0 radical (unpaired) electrons. The van der Waals surface area contributed by atoms with E-state index in [1.165, 1.54) is 24.4 Å². The highest BCUT2D eigenvalue weighted by atomic mass is 19.3. The highest BCUT2D eigenvalue weighted by Crippen LogP contribution is 2.32. The van der Waals surface area contributed by atoms with Gasteiger partial charge in [-0.05, 0) is 30.7 Å². The van der Waals surface area contributed by atoms with Crippen molar-refractivity contribution < 1.29 is 22.4 Å². The summed E-state index contributed by atoms with van der Waals surface area (Å²) < 4.78 is 43.2. The van der Waals surface area contributed by atoms with Gasteiger partial charge in [-0.1, -0.05) is 12.1 Å². The number of amides is 1. The number of hydrogen-bond acceptors (Lipinski definition) is 5. The van der Waals surface area contributed by atoms with Gasteiger partial charge in [0.05, 0.1) is 29.4 Å². The van der Waals surface area contributed by atoms with E-state index in [0.717, 1.165) is 5.56 Å². The average Bonchev–Trinajstić information content (AvgIpc) is 3.27. The molecule has 6 nitrogen and oxygen atoms in total. The van der Waals surface area contributed by atoms with E-state index in [1.54, 1.807) is 17.0 Å². The van der Waals surface area contributed by atoms with Crippen LogP contribution in [0, 0.1) is 5.82 Å². The van der Waals surface area contributed by atoms with Crippen LogP contribution in [0.2, 0.25) is 0 Å². The first kappa shape index (κ1) is 17.2. The molecule has 0 aliphatic carbocycles. The lowest BCUT2D eigenvalue weighted by molar-refractivity contribution is 0.0715. The standard InChI is InChI=1S/C18H13F3N4O2/c1-9(10-2-4-12(19)5-3-10)25-8-14-13(18(25)26)6-11(7-22-14)16-23-24-17(27-16)15(20)21/h2-7,9,15H,8H2,1H3/t9-/m1/s1. The van der Waals surface area contributed by atoms with Crippen molar-refractivity contribution in [2.45, 2.75) is 25.9 Å². The van der Waals surface area contributed by atoms with Crippen LogP contribution in [0.1, 0.15) is 46.9 Å². The number of hydrogen-bond donors (Lipinski definition) is 0. The molecule has 9 heteroatoms. The fourth-order valence-corrected chi connectivity index (χ4v) is 2.98. The first-order valence-electron chi connectivity index (χ1n) is 8.11. The molecule has 0 spiro atoms. The molecule has 3 heterocycles. The van der Waals surface area contributed by atoms with Crippen molar-refractivity contribution in [3.05, 3.63) is 65.1 Å². The quantitative estimate of drug-likeness (QED) is 0.692. The maximum atomic E-state index is 13.1. The number of benzene rings is 1. The van der Waals surface area contributed by atoms with Crippen LogP contribution in [0.15, 0.2) is 40.9 Å². The van der Waals surface area contributed by atoms with Crippen molar-refractivity contribution in [1.29, 1.82) is 0 Å². The predicted octanol–water partition coefficient (Wildman–Crippen LogP) is 3.93. The number of halogens is 3. The van der Waals surface area contributed by atoms with Crippen LogP contribution in [-0.4, -0.2) is 26.0 Å². The maximum Gasteiger partial charge on any atom is 0.314 e. The molecule has 138 valence electrons. The molecule has 0 bridgehead atoms. The van der Waals surface area contributed by atoms with Crippen molar-refractivity contribution in [2.24, 2.45) is 0 Å². The molecule has 1 aliphatic rings. The number of fused-ring (bicyclic) bond motifs is 1. The summed E-state index contributed by atoms with van der Waals surface area (Å²) in [5.74, 6) is -1.53. The molecule has 3 aromatic rings. The molecule has 27 heavy (non-hydrogen) atoms. The van der Waals surface area contributed by atoms with E-state index in [0.29, 0.717) is 17.8 Å². The van der Waals surface area contributed by atoms with Crippen molar-refractivity contribution in [3.8, 4) is 11.5 Å². The molecular weight excluding hydrogens is 361 g/mol. The van der Waals surface area contributed by atoms with Crippen molar-refractivity contribution in [1.82, 2.24) is 20.1 Å². The van der Waals surface area contributed by atoms with Crippen LogP contribution in [0.3, 0.4) is 0 Å². The van der Waals surface area contributed by atoms with E-state index in [1.807, 2.05) is 6.92 Å². The minimum atomic E-state index is -2.87. The average molecular weight is 374 g/mol. The minimum Gasteiger partial charge on any atom is -0.415 e. The number of nitrogens with zero attached hydrogens (tertiary/aromatic N) is 4. The Bertz CT molecular complexity index is 1000. The summed E-state index contributed by atoms with van der Waals surface area (Å²) in [6.07, 6.45) is -1.47. The van der Waals surface area contributed by atoms with Gasteiger partial charge in [0.15, 0.2) is 0 Å². The first-order chi connectivity index (χ1) is 12.9. The molecular formula is C18H13F3N4O2. The van der Waals surface area contributed by atoms with Gasteiger partial charge < -0.3 is 9.32 Å². The van der Waals surface area contributed by atoms with Crippen LogP contribution < -0.4 is 0 Å². The topological polar surface area (TPSA) is 72.1 Å². The molecule has 1 aromatic carbocycles. The summed E-state index contributed by atoms with van der Waals surface area (Å²) in [5, 5.41) is 6.85. The predicted molar refractivity (Wildman–Crippen MR) is 87.2 cm³/mol. The summed E-state index contributed by atoms with van der Waals surface area (Å²) in [4.78, 5) is 18.6. The molecule has 2 aromatic heterocycles. The Morgan fingerprint density at radius 3 is 2.59 bits per heavy atom. The molecule has 0 unspecified atom stereocenters. The Morgan fingerprint density at radius 1 is 1.19 bits per heavy atom. The molecule has 0 saturated carbocycles. The van der Waals surface area contributed by atoms with Crippen LogP contribution >= 0.6 is 0 Å². The van der Waals surface area contributed by atoms with E-state index >= 15 is 0 Å². The summed E-state index contributed by atoms with van der Waals surface area (Å²) in [7, 11) is 0. The Labute approximate surface area is 151 Å². The molecule has 1 aliphatic heterocycles. The number of rotatable bonds is 4. The zero-order chi connectivity index (χ0) is 19.1. The zero-order valence-electron chi connectivity index (χ0n) is 14.1. The second kappa shape index (κ2) is 6.49. The van der Waals surface area contributed by atoms with Crippen molar-refractivity contribution in [3.63, 3.8) is 0 Å². The number of alkyl halides is 2. The number of pyridine rings is 1. The van der Waals surface area contributed by atoms with Crippen LogP contribution in [0.4, 0.5) is 13.2 Å². The maximum absolute atomic E-state index is 13.1. The van der Waals surface area contributed by atoms with Gasteiger partial charge in [-0.25, -0.2) is 4.39 Å². The number of aromatic nitrogens is 3. The van der Waals surface area contributed by atoms with E-state index in [2.05, 4.69) is 15.2 Å². The van der Waals surface area contributed by atoms with Crippen LogP contribution in [0.5, 0.6) is 0 Å². The second-order valence-electron chi connectivity index (χ2n) is 6.12. The molecule has 0 fully saturated rings. The SMILES string of the molecule is C[C@H](c1ccc(F)cc1)N1Cc2ncc(-c3nnc(C(F)F)o3)cc2C1=O. The lowest BCUT2D eigenvalue weighted by Crippen LogP contribution is -2.27. The highest BCUT2D eigenvalue weighted by Gasteiger charge is 2.33. The van der Waals surface area contributed by atoms with Gasteiger partial charge in [-0.15, -0.1) is 10.2 Å². The van der Waals surface area contributed by atoms with E-state index in [9.17, 15) is 18.0 Å². The van der Waals surface area contributed by atoms with Crippen molar-refractivity contribution >= 4 is 5.91 Å². The smallest absolute Gasteiger partial charge is 0.314 e. The third-order valence-corrected chi connectivity index (χ3v) is 4.48. The number of carbonyl (C=O) groups is 1. The van der Waals surface area contributed by atoms with E-state index < -0.39 is 12.3 Å². The van der Waals surface area contributed by atoms with Gasteiger partial charge in [-0.2, -0.15) is 8.78 Å². The monoisotopic (exact) mass is 374 g/mol. The Kier molecular flexibility index (Phi) is 4.14. The Balaban J connectivity index is 1.61. The second-order valence-corrected chi connectivity index (χ2v) is 6.12.